The molecule has 3 aromatic carbocycles. The Morgan fingerprint density at radius 2 is 1.84 bits per heavy atom. The summed E-state index contributed by atoms with van der Waals surface area (Å²) in [6.07, 6.45) is 0. The van der Waals surface area contributed by atoms with E-state index in [2.05, 4.69) is 47.9 Å². The number of carbonyl (C=O) groups is 1. The highest BCUT2D eigenvalue weighted by atomic mass is 16.5. The van der Waals surface area contributed by atoms with Gasteiger partial charge in [-0.25, -0.2) is 0 Å². The summed E-state index contributed by atoms with van der Waals surface area (Å²) in [7, 11) is 1.61. The topological polar surface area (TPSA) is 54.9 Å². The number of ether oxygens (including phenoxy) is 1. The minimum Gasteiger partial charge on any atom is -0.497 e. The second kappa shape index (κ2) is 7.81. The molecule has 3 aromatic rings. The van der Waals surface area contributed by atoms with Crippen molar-refractivity contribution in [3.8, 4) is 5.75 Å². The normalized spacial score (nSPS) is 11.9. The second-order valence-corrected chi connectivity index (χ2v) is 6.08. The van der Waals surface area contributed by atoms with Crippen LogP contribution in [0.15, 0.2) is 66.7 Å². The first-order chi connectivity index (χ1) is 12.2. The number of quaternary nitrogens is 1. The number of nitrogens with one attached hydrogen (secondary N) is 1. The number of carbonyl (C=O) groups excluding carboxylic acids is 1. The van der Waals surface area contributed by atoms with Gasteiger partial charge in [0.25, 0.3) is 5.91 Å². The molecule has 25 heavy (non-hydrogen) atoms. The van der Waals surface area contributed by atoms with Crippen molar-refractivity contribution in [1.29, 1.82) is 0 Å². The number of fused-ring (bicyclic) bond motifs is 1. The third kappa shape index (κ3) is 4.17. The molecule has 0 aliphatic carbocycles. The molecule has 0 bridgehead atoms. The monoisotopic (exact) mass is 335 g/mol. The summed E-state index contributed by atoms with van der Waals surface area (Å²) >= 11 is 0. The molecule has 0 aliphatic rings. The number of hydrogen-bond donors (Lipinski definition) is 2. The molecule has 0 spiro atoms. The van der Waals surface area contributed by atoms with E-state index in [1.54, 1.807) is 7.11 Å². The van der Waals surface area contributed by atoms with Crippen molar-refractivity contribution in [1.82, 2.24) is 0 Å². The van der Waals surface area contributed by atoms with E-state index in [4.69, 9.17) is 4.74 Å². The van der Waals surface area contributed by atoms with Gasteiger partial charge < -0.3 is 15.4 Å². The molecule has 0 aromatic heterocycles. The second-order valence-electron chi connectivity index (χ2n) is 6.08. The van der Waals surface area contributed by atoms with Gasteiger partial charge in [-0.15, -0.1) is 0 Å². The lowest BCUT2D eigenvalue weighted by atomic mass is 10.00. The first-order valence-corrected chi connectivity index (χ1v) is 8.42. The van der Waals surface area contributed by atoms with E-state index < -0.39 is 0 Å². The van der Waals surface area contributed by atoms with E-state index in [0.717, 1.165) is 11.4 Å². The maximum absolute atomic E-state index is 12.2. The fraction of sp³-hybridized carbons (Fsp3) is 0.190. The molecular weight excluding hydrogens is 312 g/mol. The van der Waals surface area contributed by atoms with Gasteiger partial charge in [0, 0.05) is 17.3 Å². The highest BCUT2D eigenvalue weighted by Gasteiger charge is 2.14. The Morgan fingerprint density at radius 1 is 1.08 bits per heavy atom. The van der Waals surface area contributed by atoms with Crippen molar-refractivity contribution in [3.63, 3.8) is 0 Å². The summed E-state index contributed by atoms with van der Waals surface area (Å²) in [5.41, 5.74) is 1.99. The van der Waals surface area contributed by atoms with Crippen molar-refractivity contribution >= 4 is 22.4 Å². The molecule has 0 saturated carbocycles. The lowest BCUT2D eigenvalue weighted by Gasteiger charge is -2.14. The highest BCUT2D eigenvalue weighted by molar-refractivity contribution is 5.91. The lowest BCUT2D eigenvalue weighted by molar-refractivity contribution is -0.682. The van der Waals surface area contributed by atoms with Crippen LogP contribution < -0.4 is 15.4 Å². The zero-order valence-corrected chi connectivity index (χ0v) is 14.5. The van der Waals surface area contributed by atoms with Crippen LogP contribution in [0.25, 0.3) is 10.8 Å². The molecule has 3 rings (SSSR count). The number of anilines is 1. The summed E-state index contributed by atoms with van der Waals surface area (Å²) in [6, 6.07) is 22.2. The fourth-order valence-corrected chi connectivity index (χ4v) is 2.97. The van der Waals surface area contributed by atoms with Crippen molar-refractivity contribution in [2.75, 3.05) is 19.0 Å². The SMILES string of the molecule is COc1cccc(NC(=O)C[NH2+][C@@H](C)c2cccc3ccccc23)c1. The fourth-order valence-electron chi connectivity index (χ4n) is 2.97. The average Bonchev–Trinajstić information content (AvgIpc) is 2.65. The zero-order chi connectivity index (χ0) is 17.6. The quantitative estimate of drug-likeness (QED) is 0.727. The molecule has 0 heterocycles. The van der Waals surface area contributed by atoms with Crippen molar-refractivity contribution in [2.45, 2.75) is 13.0 Å². The Bertz CT molecular complexity index is 871. The van der Waals surface area contributed by atoms with Crippen LogP contribution in [0.3, 0.4) is 0 Å². The number of amides is 1. The minimum atomic E-state index is -0.0275. The van der Waals surface area contributed by atoms with Gasteiger partial charge in [0.2, 0.25) is 0 Å². The minimum absolute atomic E-state index is 0.0275. The maximum Gasteiger partial charge on any atom is 0.279 e. The number of nitrogens with two attached hydrogens (primary N) is 1. The van der Waals surface area contributed by atoms with Gasteiger partial charge >= 0.3 is 0 Å². The predicted octanol–water partition coefficient (Wildman–Crippen LogP) is 3.11. The summed E-state index contributed by atoms with van der Waals surface area (Å²) in [5, 5.41) is 7.42. The number of rotatable bonds is 6. The summed E-state index contributed by atoms with van der Waals surface area (Å²) in [6.45, 7) is 2.49. The van der Waals surface area contributed by atoms with Crippen LogP contribution in [0, 0.1) is 0 Å². The highest BCUT2D eigenvalue weighted by Crippen LogP contribution is 2.22. The molecule has 0 fully saturated rings. The Morgan fingerprint density at radius 3 is 2.68 bits per heavy atom. The van der Waals surface area contributed by atoms with Gasteiger partial charge in [0.1, 0.15) is 11.8 Å². The van der Waals surface area contributed by atoms with Crippen molar-refractivity contribution < 1.29 is 14.8 Å². The van der Waals surface area contributed by atoms with Gasteiger partial charge in [-0.05, 0) is 29.8 Å². The zero-order valence-electron chi connectivity index (χ0n) is 14.5. The van der Waals surface area contributed by atoms with Crippen LogP contribution in [0.5, 0.6) is 5.75 Å². The standard InChI is InChI=1S/C21H22N2O2/c1-15(19-12-5-8-16-7-3-4-11-20(16)19)22-14-21(24)23-17-9-6-10-18(13-17)25-2/h3-13,15,22H,14H2,1-2H3,(H,23,24)/p+1/t15-/m0/s1. The van der Waals surface area contributed by atoms with E-state index >= 15 is 0 Å². The Labute approximate surface area is 147 Å². The van der Waals surface area contributed by atoms with E-state index in [0.29, 0.717) is 6.54 Å². The molecule has 0 aliphatic heterocycles. The van der Waals surface area contributed by atoms with Crippen LogP contribution in [-0.2, 0) is 4.79 Å². The largest absolute Gasteiger partial charge is 0.497 e. The van der Waals surface area contributed by atoms with Crippen LogP contribution in [-0.4, -0.2) is 19.6 Å². The average molecular weight is 335 g/mol. The van der Waals surface area contributed by atoms with Crippen LogP contribution in [0.4, 0.5) is 5.69 Å². The first kappa shape index (κ1) is 17.0. The van der Waals surface area contributed by atoms with Gasteiger partial charge in [-0.2, -0.15) is 0 Å². The molecule has 0 unspecified atom stereocenters. The predicted molar refractivity (Wildman–Crippen MR) is 101 cm³/mol. The third-order valence-electron chi connectivity index (χ3n) is 4.32. The van der Waals surface area contributed by atoms with Crippen LogP contribution in [0.2, 0.25) is 0 Å². The van der Waals surface area contributed by atoms with Gasteiger partial charge in [-0.1, -0.05) is 48.5 Å². The number of methoxy groups -OCH3 is 1. The van der Waals surface area contributed by atoms with E-state index in [1.807, 2.05) is 36.4 Å². The molecule has 3 N–H and O–H groups in total. The molecule has 0 radical (unpaired) electrons. The molecule has 4 heteroatoms. The van der Waals surface area contributed by atoms with E-state index in [-0.39, 0.29) is 11.9 Å². The Kier molecular flexibility index (Phi) is 5.31. The Hall–Kier alpha value is -2.85. The molecule has 1 atom stereocenters. The van der Waals surface area contributed by atoms with Crippen molar-refractivity contribution in [3.05, 3.63) is 72.3 Å². The third-order valence-corrected chi connectivity index (χ3v) is 4.32. The summed E-state index contributed by atoms with van der Waals surface area (Å²) in [5.74, 6) is 0.700. The summed E-state index contributed by atoms with van der Waals surface area (Å²) < 4.78 is 5.17. The van der Waals surface area contributed by atoms with E-state index in [9.17, 15) is 4.79 Å². The first-order valence-electron chi connectivity index (χ1n) is 8.42. The molecule has 1 amide bonds. The Balaban J connectivity index is 1.63. The summed E-state index contributed by atoms with van der Waals surface area (Å²) in [4.78, 5) is 12.2. The van der Waals surface area contributed by atoms with Gasteiger partial charge in [0.15, 0.2) is 6.54 Å². The van der Waals surface area contributed by atoms with Gasteiger partial charge in [-0.3, -0.25) is 4.79 Å². The van der Waals surface area contributed by atoms with Crippen molar-refractivity contribution in [2.24, 2.45) is 0 Å². The molecule has 128 valence electrons. The maximum atomic E-state index is 12.2. The molecular formula is C21H23N2O2+. The number of benzene rings is 3. The smallest absolute Gasteiger partial charge is 0.279 e. The van der Waals surface area contributed by atoms with Crippen LogP contribution >= 0.6 is 0 Å². The number of hydrogen-bond acceptors (Lipinski definition) is 2. The molecule has 4 nitrogen and oxygen atoms in total. The van der Waals surface area contributed by atoms with Crippen LogP contribution in [0.1, 0.15) is 18.5 Å². The lowest BCUT2D eigenvalue weighted by Crippen LogP contribution is -2.86. The van der Waals surface area contributed by atoms with Gasteiger partial charge in [0.05, 0.1) is 7.11 Å². The van der Waals surface area contributed by atoms with E-state index in [1.165, 1.54) is 16.3 Å². The molecule has 0 saturated heterocycles.